The Bertz CT molecular complexity index is 987. The summed E-state index contributed by atoms with van der Waals surface area (Å²) in [6.07, 6.45) is 0. The first-order valence-corrected chi connectivity index (χ1v) is 8.77. The van der Waals surface area contributed by atoms with Crippen molar-refractivity contribution in [2.24, 2.45) is 0 Å². The van der Waals surface area contributed by atoms with Crippen molar-refractivity contribution in [3.63, 3.8) is 0 Å². The van der Waals surface area contributed by atoms with Crippen LogP contribution >= 0.6 is 0 Å². The lowest BCUT2D eigenvalue weighted by Crippen LogP contribution is -2.07. The molecular weight excluding hydrogens is 336 g/mol. The van der Waals surface area contributed by atoms with Crippen LogP contribution in [0, 0.1) is 13.8 Å². The molecule has 0 aliphatic heterocycles. The predicted octanol–water partition coefficient (Wildman–Crippen LogP) is 5.36. The van der Waals surface area contributed by atoms with E-state index in [0.717, 1.165) is 22.3 Å². The van der Waals surface area contributed by atoms with E-state index in [1.807, 2.05) is 86.6 Å². The Balaban J connectivity index is 2.46. The molecule has 3 nitrogen and oxygen atoms in total. The molecule has 0 amide bonds. The number of carbonyl (C=O) groups is 1. The smallest absolute Gasteiger partial charge is 0.336 e. The van der Waals surface area contributed by atoms with Gasteiger partial charge in [0.2, 0.25) is 0 Å². The van der Waals surface area contributed by atoms with E-state index in [0.29, 0.717) is 16.9 Å². The van der Waals surface area contributed by atoms with Gasteiger partial charge in [0.25, 0.3) is 0 Å². The van der Waals surface area contributed by atoms with Gasteiger partial charge in [-0.2, -0.15) is 0 Å². The molecule has 0 fully saturated rings. The average Bonchev–Trinajstić information content (AvgIpc) is 2.67. The number of aliphatic carboxylic acids is 1. The lowest BCUT2D eigenvalue weighted by molar-refractivity contribution is -0.130. The van der Waals surface area contributed by atoms with Crippen molar-refractivity contribution < 1.29 is 14.6 Å². The van der Waals surface area contributed by atoms with Crippen molar-refractivity contribution in [1.82, 2.24) is 0 Å². The highest BCUT2D eigenvalue weighted by Gasteiger charge is 2.23. The Kier molecular flexibility index (Phi) is 5.41. The molecule has 0 spiro atoms. The van der Waals surface area contributed by atoms with Crippen LogP contribution in [0.4, 0.5) is 0 Å². The molecule has 0 unspecified atom stereocenters. The van der Waals surface area contributed by atoms with Crippen LogP contribution in [-0.4, -0.2) is 18.2 Å². The summed E-state index contributed by atoms with van der Waals surface area (Å²) >= 11 is 0. The molecule has 0 saturated carbocycles. The second kappa shape index (κ2) is 7.92. The molecule has 0 saturated heterocycles. The van der Waals surface area contributed by atoms with Crippen molar-refractivity contribution >= 4 is 17.1 Å². The van der Waals surface area contributed by atoms with Crippen LogP contribution in [0.3, 0.4) is 0 Å². The Morgan fingerprint density at radius 3 is 1.93 bits per heavy atom. The average molecular weight is 358 g/mol. The number of carboxylic acid groups (broad SMARTS) is 1. The first-order valence-electron chi connectivity index (χ1n) is 8.77. The molecule has 0 aliphatic rings. The van der Waals surface area contributed by atoms with Crippen molar-refractivity contribution in [1.29, 1.82) is 0 Å². The van der Waals surface area contributed by atoms with E-state index in [2.05, 4.69) is 0 Å². The number of hydrogen-bond acceptors (Lipinski definition) is 2. The highest BCUT2D eigenvalue weighted by Crippen LogP contribution is 2.39. The minimum atomic E-state index is -0.970. The third kappa shape index (κ3) is 3.77. The van der Waals surface area contributed by atoms with Crippen LogP contribution in [-0.2, 0) is 4.79 Å². The van der Waals surface area contributed by atoms with E-state index < -0.39 is 5.97 Å². The summed E-state index contributed by atoms with van der Waals surface area (Å²) in [5, 5.41) is 10.1. The molecule has 3 aromatic rings. The van der Waals surface area contributed by atoms with Crippen molar-refractivity contribution in [2.45, 2.75) is 13.8 Å². The van der Waals surface area contributed by atoms with E-state index in [9.17, 15) is 9.90 Å². The largest absolute Gasteiger partial charge is 0.496 e. The third-order valence-electron chi connectivity index (χ3n) is 4.50. The first-order chi connectivity index (χ1) is 13.0. The maximum absolute atomic E-state index is 12.4. The predicted molar refractivity (Wildman–Crippen MR) is 109 cm³/mol. The van der Waals surface area contributed by atoms with Crippen molar-refractivity contribution in [2.75, 3.05) is 7.11 Å². The minimum Gasteiger partial charge on any atom is -0.496 e. The summed E-state index contributed by atoms with van der Waals surface area (Å²) in [5.74, 6) is -0.303. The minimum absolute atomic E-state index is 0.257. The zero-order chi connectivity index (χ0) is 19.4. The van der Waals surface area contributed by atoms with Gasteiger partial charge >= 0.3 is 5.97 Å². The van der Waals surface area contributed by atoms with E-state index in [4.69, 9.17) is 4.74 Å². The molecule has 27 heavy (non-hydrogen) atoms. The summed E-state index contributed by atoms with van der Waals surface area (Å²) in [7, 11) is 1.61. The normalized spacial score (nSPS) is 11.7. The number of rotatable bonds is 5. The fourth-order valence-corrected chi connectivity index (χ4v) is 3.41. The van der Waals surface area contributed by atoms with Gasteiger partial charge in [-0.3, -0.25) is 0 Å². The van der Waals surface area contributed by atoms with E-state index in [-0.39, 0.29) is 5.57 Å². The Morgan fingerprint density at radius 2 is 1.41 bits per heavy atom. The number of ether oxygens (including phenoxy) is 1. The molecule has 0 atom stereocenters. The van der Waals surface area contributed by atoms with Crippen LogP contribution in [0.2, 0.25) is 0 Å². The summed E-state index contributed by atoms with van der Waals surface area (Å²) in [5.41, 5.74) is 5.25. The second-order valence-electron chi connectivity index (χ2n) is 6.45. The van der Waals surface area contributed by atoms with E-state index in [1.54, 1.807) is 7.11 Å². The fourth-order valence-electron chi connectivity index (χ4n) is 3.41. The second-order valence-corrected chi connectivity index (χ2v) is 6.45. The lowest BCUT2D eigenvalue weighted by Gasteiger charge is -2.19. The van der Waals surface area contributed by atoms with E-state index in [1.165, 1.54) is 0 Å². The van der Waals surface area contributed by atoms with Gasteiger partial charge in [-0.1, -0.05) is 66.7 Å². The van der Waals surface area contributed by atoms with Gasteiger partial charge in [0.05, 0.1) is 12.7 Å². The molecular formula is C24H22O3. The topological polar surface area (TPSA) is 46.5 Å². The molecule has 1 N–H and O–H groups in total. The Labute approximate surface area is 159 Å². The van der Waals surface area contributed by atoms with Crippen molar-refractivity contribution in [3.8, 4) is 5.75 Å². The van der Waals surface area contributed by atoms with Gasteiger partial charge in [0, 0.05) is 11.1 Å². The monoisotopic (exact) mass is 358 g/mol. The Hall–Kier alpha value is -3.33. The number of aryl methyl sites for hydroxylation is 2. The van der Waals surface area contributed by atoms with E-state index >= 15 is 0 Å². The Morgan fingerprint density at radius 1 is 0.852 bits per heavy atom. The number of hydrogen-bond donors (Lipinski definition) is 1. The number of carboxylic acids is 1. The first kappa shape index (κ1) is 18.5. The van der Waals surface area contributed by atoms with Crippen LogP contribution in [0.5, 0.6) is 5.75 Å². The molecule has 3 aromatic carbocycles. The molecule has 0 heterocycles. The van der Waals surface area contributed by atoms with Crippen molar-refractivity contribution in [3.05, 3.63) is 101 Å². The highest BCUT2D eigenvalue weighted by atomic mass is 16.5. The molecule has 0 aliphatic carbocycles. The lowest BCUT2D eigenvalue weighted by atomic mass is 9.86. The summed E-state index contributed by atoms with van der Waals surface area (Å²) in [6.45, 7) is 3.98. The fraction of sp³-hybridized carbons (Fsp3) is 0.125. The summed E-state index contributed by atoms with van der Waals surface area (Å²) in [6, 6.07) is 22.8. The molecule has 0 bridgehead atoms. The maximum Gasteiger partial charge on any atom is 0.336 e. The van der Waals surface area contributed by atoms with Gasteiger partial charge in [-0.05, 0) is 42.2 Å². The number of methoxy groups -OCH3 is 1. The van der Waals surface area contributed by atoms with Crippen LogP contribution in [0.1, 0.15) is 27.8 Å². The van der Waals surface area contributed by atoms with Gasteiger partial charge < -0.3 is 9.84 Å². The summed E-state index contributed by atoms with van der Waals surface area (Å²) in [4.78, 5) is 12.4. The highest BCUT2D eigenvalue weighted by molar-refractivity contribution is 6.26. The van der Waals surface area contributed by atoms with Crippen LogP contribution in [0.15, 0.2) is 72.8 Å². The van der Waals surface area contributed by atoms with Crippen LogP contribution < -0.4 is 4.74 Å². The standard InChI is InChI=1S/C24H22O3/c1-16-14-17(2)21(20(15-16)27-3)22(18-10-6-4-7-11-18)23(24(25)26)19-12-8-5-9-13-19/h4-15H,1-3H3,(H,25,26). The maximum atomic E-state index is 12.4. The SMILES string of the molecule is COc1cc(C)cc(C)c1C(=C(C(=O)O)c1ccccc1)c1ccccc1. The van der Waals surface area contributed by atoms with Gasteiger partial charge in [-0.15, -0.1) is 0 Å². The quantitative estimate of drug-likeness (QED) is 0.494. The third-order valence-corrected chi connectivity index (χ3v) is 4.50. The summed E-state index contributed by atoms with van der Waals surface area (Å²) < 4.78 is 5.65. The molecule has 0 radical (unpaired) electrons. The van der Waals surface area contributed by atoms with Gasteiger partial charge in [0.1, 0.15) is 5.75 Å². The van der Waals surface area contributed by atoms with Gasteiger partial charge in [0.15, 0.2) is 0 Å². The van der Waals surface area contributed by atoms with Gasteiger partial charge in [-0.25, -0.2) is 4.79 Å². The molecule has 3 rings (SSSR count). The molecule has 3 heteroatoms. The number of benzene rings is 3. The molecule has 136 valence electrons. The zero-order valence-electron chi connectivity index (χ0n) is 15.7. The molecule has 0 aromatic heterocycles. The zero-order valence-corrected chi connectivity index (χ0v) is 15.7. The van der Waals surface area contributed by atoms with Crippen LogP contribution in [0.25, 0.3) is 11.1 Å².